The van der Waals surface area contributed by atoms with Crippen LogP contribution in [0.5, 0.6) is 0 Å². The van der Waals surface area contributed by atoms with Crippen molar-refractivity contribution in [1.29, 1.82) is 0 Å². The standard InChI is InChI=1S/C13H28N2S/c1-12(2)10-14-11-13-6-4-5-7-15(13)8-9-16-3/h12-14H,4-11H2,1-3H3. The molecule has 2 nitrogen and oxygen atoms in total. The highest BCUT2D eigenvalue weighted by Crippen LogP contribution is 2.16. The third kappa shape index (κ3) is 5.55. The second-order valence-electron chi connectivity index (χ2n) is 5.23. The van der Waals surface area contributed by atoms with Crippen molar-refractivity contribution in [3.63, 3.8) is 0 Å². The lowest BCUT2D eigenvalue weighted by molar-refractivity contribution is 0.154. The minimum atomic E-state index is 0.767. The van der Waals surface area contributed by atoms with Crippen molar-refractivity contribution in [2.45, 2.75) is 39.2 Å². The molecule has 0 bridgehead atoms. The fraction of sp³-hybridized carbons (Fsp3) is 1.00. The molecule has 1 aliphatic heterocycles. The van der Waals surface area contributed by atoms with Crippen LogP contribution in [0, 0.1) is 5.92 Å². The molecule has 1 N–H and O–H groups in total. The number of hydrogen-bond acceptors (Lipinski definition) is 3. The van der Waals surface area contributed by atoms with Gasteiger partial charge in [-0.05, 0) is 38.1 Å². The zero-order chi connectivity index (χ0) is 11.8. The Hall–Kier alpha value is 0.270. The van der Waals surface area contributed by atoms with E-state index in [0.717, 1.165) is 18.5 Å². The summed E-state index contributed by atoms with van der Waals surface area (Å²) in [5.41, 5.74) is 0. The fourth-order valence-electron chi connectivity index (χ4n) is 2.33. The van der Waals surface area contributed by atoms with Crippen LogP contribution in [0.1, 0.15) is 33.1 Å². The fourth-order valence-corrected chi connectivity index (χ4v) is 2.75. The largest absolute Gasteiger partial charge is 0.315 e. The second-order valence-corrected chi connectivity index (χ2v) is 6.22. The number of likely N-dealkylation sites (tertiary alicyclic amines) is 1. The van der Waals surface area contributed by atoms with Gasteiger partial charge in [-0.2, -0.15) is 11.8 Å². The van der Waals surface area contributed by atoms with Crippen LogP contribution < -0.4 is 5.32 Å². The van der Waals surface area contributed by atoms with E-state index < -0.39 is 0 Å². The normalized spacial score (nSPS) is 22.9. The van der Waals surface area contributed by atoms with Crippen molar-refractivity contribution in [2.24, 2.45) is 5.92 Å². The summed E-state index contributed by atoms with van der Waals surface area (Å²) in [5, 5.41) is 3.61. The van der Waals surface area contributed by atoms with Crippen molar-refractivity contribution >= 4 is 11.8 Å². The van der Waals surface area contributed by atoms with Crippen LogP contribution in [0.4, 0.5) is 0 Å². The van der Waals surface area contributed by atoms with Crippen LogP contribution in [0.25, 0.3) is 0 Å². The third-order valence-electron chi connectivity index (χ3n) is 3.26. The molecular weight excluding hydrogens is 216 g/mol. The summed E-state index contributed by atoms with van der Waals surface area (Å²) in [7, 11) is 0. The van der Waals surface area contributed by atoms with E-state index in [9.17, 15) is 0 Å². The van der Waals surface area contributed by atoms with E-state index in [-0.39, 0.29) is 0 Å². The van der Waals surface area contributed by atoms with Gasteiger partial charge in [-0.25, -0.2) is 0 Å². The van der Waals surface area contributed by atoms with Gasteiger partial charge in [-0.3, -0.25) is 4.90 Å². The number of piperidine rings is 1. The van der Waals surface area contributed by atoms with E-state index in [2.05, 4.69) is 30.3 Å². The SMILES string of the molecule is CSCCN1CCCCC1CNCC(C)C. The Morgan fingerprint density at radius 1 is 1.38 bits per heavy atom. The van der Waals surface area contributed by atoms with Crippen LogP contribution in [-0.2, 0) is 0 Å². The smallest absolute Gasteiger partial charge is 0.0220 e. The molecule has 1 heterocycles. The number of hydrogen-bond donors (Lipinski definition) is 1. The van der Waals surface area contributed by atoms with Crippen LogP contribution in [-0.4, -0.2) is 49.1 Å². The Bertz CT molecular complexity index is 173. The molecule has 1 unspecified atom stereocenters. The van der Waals surface area contributed by atoms with Gasteiger partial charge in [0.2, 0.25) is 0 Å². The molecule has 0 aromatic heterocycles. The first-order chi connectivity index (χ1) is 7.74. The summed E-state index contributed by atoms with van der Waals surface area (Å²) in [6.07, 6.45) is 6.41. The molecule has 1 fully saturated rings. The summed E-state index contributed by atoms with van der Waals surface area (Å²) >= 11 is 1.96. The Morgan fingerprint density at radius 3 is 2.88 bits per heavy atom. The highest BCUT2D eigenvalue weighted by Gasteiger charge is 2.21. The summed E-state index contributed by atoms with van der Waals surface area (Å²) in [5.74, 6) is 2.05. The summed E-state index contributed by atoms with van der Waals surface area (Å²) in [6, 6.07) is 0.791. The highest BCUT2D eigenvalue weighted by molar-refractivity contribution is 7.98. The van der Waals surface area contributed by atoms with E-state index in [4.69, 9.17) is 0 Å². The van der Waals surface area contributed by atoms with Gasteiger partial charge in [0.1, 0.15) is 0 Å². The van der Waals surface area contributed by atoms with Crippen molar-refractivity contribution < 1.29 is 0 Å². The van der Waals surface area contributed by atoms with Gasteiger partial charge in [0, 0.05) is 24.9 Å². The molecule has 1 saturated heterocycles. The van der Waals surface area contributed by atoms with E-state index in [1.54, 1.807) is 0 Å². The molecule has 0 aromatic carbocycles. The maximum atomic E-state index is 3.61. The zero-order valence-electron chi connectivity index (χ0n) is 11.2. The first kappa shape index (κ1) is 14.3. The molecule has 0 spiro atoms. The van der Waals surface area contributed by atoms with Crippen molar-refractivity contribution in [1.82, 2.24) is 10.2 Å². The lowest BCUT2D eigenvalue weighted by Crippen LogP contribution is -2.46. The molecule has 0 aliphatic carbocycles. The average Bonchev–Trinajstić information content (AvgIpc) is 2.27. The molecule has 1 rings (SSSR count). The molecule has 1 aliphatic rings. The van der Waals surface area contributed by atoms with Gasteiger partial charge in [0.05, 0.1) is 0 Å². The minimum absolute atomic E-state index is 0.767. The maximum Gasteiger partial charge on any atom is 0.0220 e. The van der Waals surface area contributed by atoms with Crippen LogP contribution in [0.2, 0.25) is 0 Å². The van der Waals surface area contributed by atoms with Crippen LogP contribution >= 0.6 is 11.8 Å². The van der Waals surface area contributed by atoms with Crippen LogP contribution in [0.3, 0.4) is 0 Å². The highest BCUT2D eigenvalue weighted by atomic mass is 32.2. The monoisotopic (exact) mass is 244 g/mol. The number of nitrogens with zero attached hydrogens (tertiary/aromatic N) is 1. The quantitative estimate of drug-likeness (QED) is 0.740. The molecule has 3 heteroatoms. The zero-order valence-corrected chi connectivity index (χ0v) is 12.0. The first-order valence-electron chi connectivity index (χ1n) is 6.67. The second kappa shape index (κ2) is 8.37. The van der Waals surface area contributed by atoms with Gasteiger partial charge in [-0.1, -0.05) is 20.3 Å². The molecule has 1 atom stereocenters. The van der Waals surface area contributed by atoms with Crippen LogP contribution in [0.15, 0.2) is 0 Å². The topological polar surface area (TPSA) is 15.3 Å². The Kier molecular flexibility index (Phi) is 7.50. The van der Waals surface area contributed by atoms with E-state index >= 15 is 0 Å². The lowest BCUT2D eigenvalue weighted by atomic mass is 10.0. The molecule has 0 amide bonds. The summed E-state index contributed by atoms with van der Waals surface area (Å²) < 4.78 is 0. The number of nitrogens with one attached hydrogen (secondary N) is 1. The third-order valence-corrected chi connectivity index (χ3v) is 3.86. The minimum Gasteiger partial charge on any atom is -0.315 e. The van der Waals surface area contributed by atoms with Crippen molar-refractivity contribution in [3.8, 4) is 0 Å². The summed E-state index contributed by atoms with van der Waals surface area (Å²) in [6.45, 7) is 9.49. The first-order valence-corrected chi connectivity index (χ1v) is 8.07. The predicted molar refractivity (Wildman–Crippen MR) is 75.3 cm³/mol. The van der Waals surface area contributed by atoms with Crippen molar-refractivity contribution in [3.05, 3.63) is 0 Å². The molecule has 0 radical (unpaired) electrons. The molecule has 0 saturated carbocycles. The van der Waals surface area contributed by atoms with Gasteiger partial charge >= 0.3 is 0 Å². The number of rotatable bonds is 7. The molecule has 96 valence electrons. The Morgan fingerprint density at radius 2 is 2.19 bits per heavy atom. The van der Waals surface area contributed by atoms with Gasteiger partial charge in [0.15, 0.2) is 0 Å². The van der Waals surface area contributed by atoms with E-state index in [1.165, 1.54) is 44.6 Å². The maximum absolute atomic E-state index is 3.61. The van der Waals surface area contributed by atoms with E-state index in [0.29, 0.717) is 0 Å². The van der Waals surface area contributed by atoms with Gasteiger partial charge in [0.25, 0.3) is 0 Å². The van der Waals surface area contributed by atoms with Gasteiger partial charge < -0.3 is 5.32 Å². The van der Waals surface area contributed by atoms with Gasteiger partial charge in [-0.15, -0.1) is 0 Å². The average molecular weight is 244 g/mol. The molecular formula is C13H28N2S. The lowest BCUT2D eigenvalue weighted by Gasteiger charge is -2.36. The Labute approximate surface area is 106 Å². The molecule has 0 aromatic rings. The summed E-state index contributed by atoms with van der Waals surface area (Å²) in [4.78, 5) is 2.69. The predicted octanol–water partition coefficient (Wildman–Crippen LogP) is 2.45. The van der Waals surface area contributed by atoms with E-state index in [1.807, 2.05) is 11.8 Å². The molecule has 16 heavy (non-hydrogen) atoms. The van der Waals surface area contributed by atoms with Crippen molar-refractivity contribution in [2.75, 3.05) is 38.2 Å². The number of thioether (sulfide) groups is 1. The Balaban J connectivity index is 2.23.